The maximum absolute atomic E-state index is 12.3. The number of carbonyl (C=O) groups excluding carboxylic acids is 1. The Labute approximate surface area is 143 Å². The SMILES string of the molecule is CCOc1cccc(C2SCC(=O)N2CCC2=CCCCC2)c1. The molecule has 1 aliphatic carbocycles. The molecule has 124 valence electrons. The number of carbonyl (C=O) groups is 1. The zero-order valence-corrected chi connectivity index (χ0v) is 14.6. The average molecular weight is 331 g/mol. The van der Waals surface area contributed by atoms with Crippen molar-refractivity contribution in [3.05, 3.63) is 41.5 Å². The second-order valence-corrected chi connectivity index (χ2v) is 7.18. The summed E-state index contributed by atoms with van der Waals surface area (Å²) in [6.45, 7) is 3.49. The molecule has 1 aromatic carbocycles. The molecule has 0 spiro atoms. The van der Waals surface area contributed by atoms with Crippen LogP contribution in [0.4, 0.5) is 0 Å². The van der Waals surface area contributed by atoms with Gasteiger partial charge in [-0.15, -0.1) is 11.8 Å². The minimum Gasteiger partial charge on any atom is -0.494 e. The number of ether oxygens (including phenoxy) is 1. The molecule has 0 N–H and O–H groups in total. The molecule has 0 saturated carbocycles. The van der Waals surface area contributed by atoms with E-state index >= 15 is 0 Å². The van der Waals surface area contributed by atoms with Crippen LogP contribution in [0.15, 0.2) is 35.9 Å². The molecule has 1 saturated heterocycles. The van der Waals surface area contributed by atoms with Gasteiger partial charge in [-0.3, -0.25) is 4.79 Å². The molecule has 1 unspecified atom stereocenters. The van der Waals surface area contributed by atoms with Gasteiger partial charge in [-0.2, -0.15) is 0 Å². The molecule has 1 amide bonds. The zero-order chi connectivity index (χ0) is 16.1. The van der Waals surface area contributed by atoms with Crippen molar-refractivity contribution in [1.29, 1.82) is 0 Å². The molecule has 1 heterocycles. The Morgan fingerprint density at radius 1 is 1.35 bits per heavy atom. The van der Waals surface area contributed by atoms with Crippen LogP contribution in [0.2, 0.25) is 0 Å². The van der Waals surface area contributed by atoms with Crippen LogP contribution in [0.25, 0.3) is 0 Å². The van der Waals surface area contributed by atoms with E-state index in [1.54, 1.807) is 11.8 Å². The second kappa shape index (κ2) is 7.91. The van der Waals surface area contributed by atoms with Crippen molar-refractivity contribution in [2.24, 2.45) is 0 Å². The minimum absolute atomic E-state index is 0.132. The average Bonchev–Trinajstić information content (AvgIpc) is 2.95. The van der Waals surface area contributed by atoms with E-state index in [9.17, 15) is 4.79 Å². The topological polar surface area (TPSA) is 29.5 Å². The van der Waals surface area contributed by atoms with Crippen LogP contribution in [-0.4, -0.2) is 29.7 Å². The Morgan fingerprint density at radius 2 is 2.26 bits per heavy atom. The lowest BCUT2D eigenvalue weighted by Crippen LogP contribution is -2.29. The predicted molar refractivity (Wildman–Crippen MR) is 95.7 cm³/mol. The molecule has 2 aliphatic rings. The van der Waals surface area contributed by atoms with Crippen LogP contribution in [0.5, 0.6) is 5.75 Å². The fourth-order valence-corrected chi connectivity index (χ4v) is 4.50. The highest BCUT2D eigenvalue weighted by Gasteiger charge is 2.32. The lowest BCUT2D eigenvalue weighted by molar-refractivity contribution is -0.128. The summed E-state index contributed by atoms with van der Waals surface area (Å²) >= 11 is 1.73. The number of allylic oxidation sites excluding steroid dienone is 1. The molecular formula is C19H25NO2S. The van der Waals surface area contributed by atoms with E-state index in [0.717, 1.165) is 18.7 Å². The van der Waals surface area contributed by atoms with Gasteiger partial charge in [-0.1, -0.05) is 23.8 Å². The van der Waals surface area contributed by atoms with Crippen LogP contribution in [0, 0.1) is 0 Å². The monoisotopic (exact) mass is 331 g/mol. The van der Waals surface area contributed by atoms with Crippen molar-refractivity contribution in [3.8, 4) is 5.75 Å². The smallest absolute Gasteiger partial charge is 0.233 e. The fourth-order valence-electron chi connectivity index (χ4n) is 3.29. The molecule has 0 aromatic heterocycles. The first kappa shape index (κ1) is 16.4. The fraction of sp³-hybridized carbons (Fsp3) is 0.526. The molecule has 23 heavy (non-hydrogen) atoms. The Kier molecular flexibility index (Phi) is 5.65. The summed E-state index contributed by atoms with van der Waals surface area (Å²) in [7, 11) is 0. The van der Waals surface area contributed by atoms with Crippen molar-refractivity contribution in [1.82, 2.24) is 4.90 Å². The van der Waals surface area contributed by atoms with E-state index < -0.39 is 0 Å². The number of hydrogen-bond donors (Lipinski definition) is 0. The second-order valence-electron chi connectivity index (χ2n) is 6.11. The maximum Gasteiger partial charge on any atom is 0.233 e. The number of benzene rings is 1. The van der Waals surface area contributed by atoms with E-state index in [0.29, 0.717) is 12.4 Å². The van der Waals surface area contributed by atoms with Gasteiger partial charge in [0.1, 0.15) is 11.1 Å². The Morgan fingerprint density at radius 3 is 3.04 bits per heavy atom. The van der Waals surface area contributed by atoms with Crippen molar-refractivity contribution < 1.29 is 9.53 Å². The van der Waals surface area contributed by atoms with Crippen LogP contribution in [-0.2, 0) is 4.79 Å². The zero-order valence-electron chi connectivity index (χ0n) is 13.8. The number of hydrogen-bond acceptors (Lipinski definition) is 3. The first-order valence-corrected chi connectivity index (χ1v) is 9.64. The van der Waals surface area contributed by atoms with Gasteiger partial charge in [0.15, 0.2) is 0 Å². The Bertz CT molecular complexity index is 584. The standard InChI is InChI=1S/C19H25NO2S/c1-2-22-17-10-6-9-16(13-17)19-20(18(21)14-23-19)12-11-15-7-4-3-5-8-15/h6-7,9-10,13,19H,2-5,8,11-12,14H2,1H3. The minimum atomic E-state index is 0.132. The molecule has 0 radical (unpaired) electrons. The van der Waals surface area contributed by atoms with E-state index in [4.69, 9.17) is 4.74 Å². The van der Waals surface area contributed by atoms with Gasteiger partial charge >= 0.3 is 0 Å². The van der Waals surface area contributed by atoms with E-state index in [2.05, 4.69) is 18.2 Å². The van der Waals surface area contributed by atoms with Gasteiger partial charge in [-0.05, 0) is 56.7 Å². The number of amides is 1. The summed E-state index contributed by atoms with van der Waals surface area (Å²) in [5.41, 5.74) is 2.70. The van der Waals surface area contributed by atoms with E-state index in [1.165, 1.54) is 36.8 Å². The molecule has 3 rings (SSSR count). The molecule has 0 bridgehead atoms. The van der Waals surface area contributed by atoms with Crippen LogP contribution in [0.1, 0.15) is 50.0 Å². The van der Waals surface area contributed by atoms with E-state index in [1.807, 2.05) is 24.0 Å². The first-order valence-electron chi connectivity index (χ1n) is 8.59. The largest absolute Gasteiger partial charge is 0.494 e. The summed E-state index contributed by atoms with van der Waals surface area (Å²) in [4.78, 5) is 14.3. The summed E-state index contributed by atoms with van der Waals surface area (Å²) in [6, 6.07) is 8.18. The predicted octanol–water partition coefficient (Wildman–Crippen LogP) is 4.55. The lowest BCUT2D eigenvalue weighted by Gasteiger charge is -2.25. The highest BCUT2D eigenvalue weighted by atomic mass is 32.2. The van der Waals surface area contributed by atoms with Crippen molar-refractivity contribution in [3.63, 3.8) is 0 Å². The summed E-state index contributed by atoms with van der Waals surface area (Å²) in [5.74, 6) is 1.74. The van der Waals surface area contributed by atoms with Crippen LogP contribution < -0.4 is 4.74 Å². The molecule has 1 atom stereocenters. The third-order valence-corrected chi connectivity index (χ3v) is 5.74. The summed E-state index contributed by atoms with van der Waals surface area (Å²) in [6.07, 6.45) is 8.43. The highest BCUT2D eigenvalue weighted by Crippen LogP contribution is 2.40. The molecule has 4 heteroatoms. The molecule has 3 nitrogen and oxygen atoms in total. The Hall–Kier alpha value is -1.42. The number of nitrogens with zero attached hydrogens (tertiary/aromatic N) is 1. The molecule has 1 fully saturated rings. The highest BCUT2D eigenvalue weighted by molar-refractivity contribution is 8.00. The lowest BCUT2D eigenvalue weighted by atomic mass is 9.97. The first-order chi connectivity index (χ1) is 11.3. The third kappa shape index (κ3) is 4.11. The van der Waals surface area contributed by atoms with Crippen LogP contribution in [0.3, 0.4) is 0 Å². The van der Waals surface area contributed by atoms with Gasteiger partial charge in [0, 0.05) is 6.54 Å². The normalized spacial score (nSPS) is 21.4. The molecule has 1 aliphatic heterocycles. The van der Waals surface area contributed by atoms with E-state index in [-0.39, 0.29) is 11.3 Å². The van der Waals surface area contributed by atoms with Crippen LogP contribution >= 0.6 is 11.8 Å². The summed E-state index contributed by atoms with van der Waals surface area (Å²) < 4.78 is 5.60. The van der Waals surface area contributed by atoms with Gasteiger partial charge < -0.3 is 9.64 Å². The van der Waals surface area contributed by atoms with Gasteiger partial charge in [-0.25, -0.2) is 0 Å². The molecular weight excluding hydrogens is 306 g/mol. The summed E-state index contributed by atoms with van der Waals surface area (Å²) in [5, 5.41) is 0.132. The van der Waals surface area contributed by atoms with Crippen molar-refractivity contribution in [2.45, 2.75) is 44.4 Å². The quantitative estimate of drug-likeness (QED) is 0.716. The van der Waals surface area contributed by atoms with Gasteiger partial charge in [0.2, 0.25) is 5.91 Å². The Balaban J connectivity index is 1.69. The molecule has 1 aromatic rings. The van der Waals surface area contributed by atoms with Crippen molar-refractivity contribution >= 4 is 17.7 Å². The number of rotatable bonds is 6. The maximum atomic E-state index is 12.3. The van der Waals surface area contributed by atoms with Gasteiger partial charge in [0.25, 0.3) is 0 Å². The third-order valence-electron chi connectivity index (χ3n) is 4.48. The van der Waals surface area contributed by atoms with Crippen molar-refractivity contribution in [2.75, 3.05) is 18.9 Å². The number of thioether (sulfide) groups is 1. The van der Waals surface area contributed by atoms with Gasteiger partial charge in [0.05, 0.1) is 12.4 Å².